The highest BCUT2D eigenvalue weighted by molar-refractivity contribution is 5.94. The van der Waals surface area contributed by atoms with Crippen molar-refractivity contribution in [1.29, 1.82) is 0 Å². The van der Waals surface area contributed by atoms with E-state index in [0.29, 0.717) is 0 Å². The van der Waals surface area contributed by atoms with Crippen LogP contribution in [0.5, 0.6) is 0 Å². The molecule has 8 aromatic rings. The molecule has 1 heteroatoms. The maximum absolute atomic E-state index is 2.37. The third kappa shape index (κ3) is 5.11. The summed E-state index contributed by atoms with van der Waals surface area (Å²) < 4.78 is 0. The van der Waals surface area contributed by atoms with E-state index in [1.165, 1.54) is 66.4 Å². The number of rotatable bonds is 6. The summed E-state index contributed by atoms with van der Waals surface area (Å²) in [6.07, 6.45) is 0. The van der Waals surface area contributed by atoms with Crippen LogP contribution in [0, 0.1) is 0 Å². The first-order valence-corrected chi connectivity index (χ1v) is 17.4. The third-order valence-electron chi connectivity index (χ3n) is 10.5. The van der Waals surface area contributed by atoms with Gasteiger partial charge in [0.2, 0.25) is 0 Å². The Balaban J connectivity index is 1.10. The van der Waals surface area contributed by atoms with Gasteiger partial charge in [0.25, 0.3) is 0 Å². The molecule has 0 amide bonds. The summed E-state index contributed by atoms with van der Waals surface area (Å²) in [4.78, 5) is 2.37. The second-order valence-corrected chi connectivity index (χ2v) is 13.8. The highest BCUT2D eigenvalue weighted by Gasteiger charge is 2.36. The first-order valence-electron chi connectivity index (χ1n) is 17.4. The molecule has 238 valence electrons. The van der Waals surface area contributed by atoms with Gasteiger partial charge in [-0.25, -0.2) is 0 Å². The monoisotopic (exact) mass is 639 g/mol. The van der Waals surface area contributed by atoms with Crippen molar-refractivity contribution in [3.05, 3.63) is 199 Å². The summed E-state index contributed by atoms with van der Waals surface area (Å²) >= 11 is 0. The smallest absolute Gasteiger partial charge is 0.0468 e. The van der Waals surface area contributed by atoms with Gasteiger partial charge < -0.3 is 4.90 Å². The van der Waals surface area contributed by atoms with E-state index in [0.717, 1.165) is 17.1 Å². The maximum atomic E-state index is 2.37. The molecule has 0 aliphatic heterocycles. The van der Waals surface area contributed by atoms with Crippen LogP contribution in [-0.4, -0.2) is 0 Å². The van der Waals surface area contributed by atoms with E-state index in [9.17, 15) is 0 Å². The van der Waals surface area contributed by atoms with Crippen molar-refractivity contribution in [3.8, 4) is 44.5 Å². The normalized spacial score (nSPS) is 12.8. The second-order valence-electron chi connectivity index (χ2n) is 13.8. The van der Waals surface area contributed by atoms with Gasteiger partial charge in [-0.1, -0.05) is 166 Å². The van der Waals surface area contributed by atoms with Crippen LogP contribution in [0.2, 0.25) is 0 Å². The van der Waals surface area contributed by atoms with Crippen molar-refractivity contribution < 1.29 is 0 Å². The van der Waals surface area contributed by atoms with E-state index >= 15 is 0 Å². The van der Waals surface area contributed by atoms with Crippen molar-refractivity contribution in [2.45, 2.75) is 19.3 Å². The van der Waals surface area contributed by atoms with Crippen molar-refractivity contribution in [2.75, 3.05) is 4.90 Å². The summed E-state index contributed by atoms with van der Waals surface area (Å²) in [6, 6.07) is 68.5. The quantitative estimate of drug-likeness (QED) is 0.175. The standard InChI is InChI=1S/C49H37N/c1-49(2)46-17-9-8-15-45(46)48-44(16-10-18-47(48)49)39-26-30-42(31-27-39)50(43-32-25-35-13-6-7-14-40(35)33-43)41-28-23-38(24-29-41)37-21-19-36(20-22-37)34-11-4-3-5-12-34/h3-33H,1-2H3. The first kappa shape index (κ1) is 29.9. The molecule has 0 heterocycles. The van der Waals surface area contributed by atoms with Crippen LogP contribution >= 0.6 is 0 Å². The van der Waals surface area contributed by atoms with Gasteiger partial charge in [0, 0.05) is 22.5 Å². The van der Waals surface area contributed by atoms with Gasteiger partial charge in [-0.15, -0.1) is 0 Å². The lowest BCUT2D eigenvalue weighted by molar-refractivity contribution is 0.660. The lowest BCUT2D eigenvalue weighted by Gasteiger charge is -2.26. The van der Waals surface area contributed by atoms with Gasteiger partial charge in [0.1, 0.15) is 0 Å². The van der Waals surface area contributed by atoms with E-state index in [4.69, 9.17) is 0 Å². The minimum atomic E-state index is -0.0230. The zero-order valence-electron chi connectivity index (χ0n) is 28.3. The SMILES string of the molecule is CC1(C)c2ccccc2-c2c(-c3ccc(N(c4ccc(-c5ccc(-c6ccccc6)cc5)cc4)c4ccc5ccccc5c4)cc3)cccc21. The predicted molar refractivity (Wildman–Crippen MR) is 213 cm³/mol. The minimum absolute atomic E-state index is 0.0230. The van der Waals surface area contributed by atoms with E-state index in [1.54, 1.807) is 0 Å². The largest absolute Gasteiger partial charge is 0.310 e. The molecule has 0 bridgehead atoms. The van der Waals surface area contributed by atoms with Crippen LogP contribution in [0.4, 0.5) is 17.1 Å². The van der Waals surface area contributed by atoms with E-state index in [1.807, 2.05) is 0 Å². The molecule has 0 saturated heterocycles. The fourth-order valence-electron chi connectivity index (χ4n) is 7.84. The van der Waals surface area contributed by atoms with Crippen molar-refractivity contribution >= 4 is 27.8 Å². The Labute approximate surface area is 294 Å². The van der Waals surface area contributed by atoms with Crippen LogP contribution in [0.1, 0.15) is 25.0 Å². The summed E-state index contributed by atoms with van der Waals surface area (Å²) in [7, 11) is 0. The third-order valence-corrected chi connectivity index (χ3v) is 10.5. The molecule has 0 atom stereocenters. The number of fused-ring (bicyclic) bond motifs is 4. The maximum Gasteiger partial charge on any atom is 0.0468 e. The van der Waals surface area contributed by atoms with Crippen LogP contribution in [-0.2, 0) is 5.41 Å². The zero-order chi connectivity index (χ0) is 33.7. The van der Waals surface area contributed by atoms with Crippen molar-refractivity contribution in [1.82, 2.24) is 0 Å². The minimum Gasteiger partial charge on any atom is -0.310 e. The van der Waals surface area contributed by atoms with Crippen molar-refractivity contribution in [2.24, 2.45) is 0 Å². The topological polar surface area (TPSA) is 3.24 Å². The Morgan fingerprint density at radius 1 is 0.340 bits per heavy atom. The van der Waals surface area contributed by atoms with E-state index < -0.39 is 0 Å². The van der Waals surface area contributed by atoms with Gasteiger partial charge >= 0.3 is 0 Å². The molecule has 0 unspecified atom stereocenters. The summed E-state index contributed by atoms with van der Waals surface area (Å²) in [6.45, 7) is 4.69. The molecule has 0 saturated carbocycles. The molecule has 9 rings (SSSR count). The van der Waals surface area contributed by atoms with E-state index in [-0.39, 0.29) is 5.41 Å². The molecule has 8 aromatic carbocycles. The Morgan fingerprint density at radius 3 is 1.50 bits per heavy atom. The van der Waals surface area contributed by atoms with Gasteiger partial charge in [-0.05, 0) is 103 Å². The fraction of sp³-hybridized carbons (Fsp3) is 0.0612. The van der Waals surface area contributed by atoms with Crippen LogP contribution in [0.15, 0.2) is 188 Å². The number of hydrogen-bond donors (Lipinski definition) is 0. The lowest BCUT2D eigenvalue weighted by atomic mass is 9.82. The fourth-order valence-corrected chi connectivity index (χ4v) is 7.84. The Bertz CT molecular complexity index is 2470. The molecular formula is C49H37N. The summed E-state index contributed by atoms with van der Waals surface area (Å²) in [5, 5.41) is 2.46. The molecule has 0 N–H and O–H groups in total. The average molecular weight is 640 g/mol. The highest BCUT2D eigenvalue weighted by atomic mass is 15.1. The molecule has 50 heavy (non-hydrogen) atoms. The number of nitrogens with zero attached hydrogens (tertiary/aromatic N) is 1. The number of hydrogen-bond acceptors (Lipinski definition) is 1. The second kappa shape index (κ2) is 12.1. The van der Waals surface area contributed by atoms with Gasteiger partial charge in [0.15, 0.2) is 0 Å². The Morgan fingerprint density at radius 2 is 0.820 bits per heavy atom. The molecule has 1 nitrogen and oxygen atoms in total. The molecule has 0 spiro atoms. The number of anilines is 3. The van der Waals surface area contributed by atoms with E-state index in [2.05, 4.69) is 207 Å². The lowest BCUT2D eigenvalue weighted by Crippen LogP contribution is -2.14. The molecule has 0 aromatic heterocycles. The molecule has 0 fully saturated rings. The zero-order valence-corrected chi connectivity index (χ0v) is 28.3. The number of benzene rings is 8. The predicted octanol–water partition coefficient (Wildman–Crippen LogP) is 13.6. The van der Waals surface area contributed by atoms with Crippen LogP contribution in [0.25, 0.3) is 55.3 Å². The average Bonchev–Trinajstić information content (AvgIpc) is 3.42. The van der Waals surface area contributed by atoms with Crippen molar-refractivity contribution in [3.63, 3.8) is 0 Å². The van der Waals surface area contributed by atoms with Gasteiger partial charge in [0.05, 0.1) is 0 Å². The highest BCUT2D eigenvalue weighted by Crippen LogP contribution is 2.52. The molecular weight excluding hydrogens is 603 g/mol. The molecule has 0 radical (unpaired) electrons. The Kier molecular flexibility index (Phi) is 7.21. The summed E-state index contributed by atoms with van der Waals surface area (Å²) in [5.74, 6) is 0. The Hall–Kier alpha value is -6.18. The van der Waals surface area contributed by atoms with Crippen LogP contribution in [0.3, 0.4) is 0 Å². The molecule has 1 aliphatic carbocycles. The first-order chi connectivity index (χ1) is 24.5. The van der Waals surface area contributed by atoms with Gasteiger partial charge in [-0.3, -0.25) is 0 Å². The van der Waals surface area contributed by atoms with Crippen LogP contribution < -0.4 is 4.90 Å². The molecule has 1 aliphatic rings. The van der Waals surface area contributed by atoms with Gasteiger partial charge in [-0.2, -0.15) is 0 Å². The summed E-state index contributed by atoms with van der Waals surface area (Å²) in [5.41, 5.74) is 16.2.